The first-order valence-corrected chi connectivity index (χ1v) is 9.34. The molecule has 0 saturated heterocycles. The van der Waals surface area contributed by atoms with Crippen molar-refractivity contribution in [3.63, 3.8) is 0 Å². The highest BCUT2D eigenvalue weighted by Crippen LogP contribution is 2.19. The van der Waals surface area contributed by atoms with E-state index in [0.717, 1.165) is 43.4 Å². The van der Waals surface area contributed by atoms with Crippen molar-refractivity contribution in [1.29, 1.82) is 0 Å². The number of hydrogen-bond donors (Lipinski definition) is 3. The van der Waals surface area contributed by atoms with Crippen LogP contribution in [-0.2, 0) is 12.8 Å². The molecule has 0 aliphatic heterocycles. The van der Waals surface area contributed by atoms with Crippen molar-refractivity contribution in [1.82, 2.24) is 20.0 Å². The van der Waals surface area contributed by atoms with Gasteiger partial charge in [0, 0.05) is 11.4 Å². The second-order valence-corrected chi connectivity index (χ2v) is 6.93. The average molecular weight is 393 g/mol. The van der Waals surface area contributed by atoms with Crippen molar-refractivity contribution in [2.45, 2.75) is 32.1 Å². The Labute approximate surface area is 165 Å². The molecular formula is C20H19N5O4. The first-order chi connectivity index (χ1) is 14.0. The van der Waals surface area contributed by atoms with E-state index >= 15 is 0 Å². The molecule has 1 aliphatic carbocycles. The van der Waals surface area contributed by atoms with Gasteiger partial charge < -0.3 is 15.4 Å². The molecule has 3 N–H and O–H groups in total. The fourth-order valence-corrected chi connectivity index (χ4v) is 3.43. The van der Waals surface area contributed by atoms with E-state index in [0.29, 0.717) is 11.4 Å². The number of benzene rings is 1. The summed E-state index contributed by atoms with van der Waals surface area (Å²) in [5.74, 6) is -1.68. The normalized spacial score (nSPS) is 13.4. The number of hydrogen-bond acceptors (Lipinski definition) is 5. The summed E-state index contributed by atoms with van der Waals surface area (Å²) in [6.07, 6.45) is 6.13. The number of carbonyl (C=O) groups excluding carboxylic acids is 1. The summed E-state index contributed by atoms with van der Waals surface area (Å²) in [6.45, 7) is 0. The fourth-order valence-electron chi connectivity index (χ4n) is 3.43. The van der Waals surface area contributed by atoms with Crippen LogP contribution in [0, 0.1) is 0 Å². The number of anilines is 1. The van der Waals surface area contributed by atoms with E-state index in [1.54, 1.807) is 30.3 Å². The van der Waals surface area contributed by atoms with Crippen molar-refractivity contribution in [2.75, 3.05) is 5.32 Å². The zero-order valence-corrected chi connectivity index (χ0v) is 15.5. The second-order valence-electron chi connectivity index (χ2n) is 6.93. The molecule has 0 unspecified atom stereocenters. The van der Waals surface area contributed by atoms with Crippen LogP contribution < -0.4 is 10.9 Å². The minimum Gasteiger partial charge on any atom is -0.476 e. The first kappa shape index (κ1) is 18.6. The Kier molecular flexibility index (Phi) is 4.94. The van der Waals surface area contributed by atoms with Crippen LogP contribution in [0.15, 0.2) is 41.3 Å². The highest BCUT2D eigenvalue weighted by molar-refractivity contribution is 6.04. The fraction of sp³-hybridized carbons (Fsp3) is 0.250. The van der Waals surface area contributed by atoms with Gasteiger partial charge >= 0.3 is 5.97 Å². The third-order valence-corrected chi connectivity index (χ3v) is 4.91. The third kappa shape index (κ3) is 3.93. The number of amides is 1. The molecule has 4 rings (SSSR count). The Balaban J connectivity index is 1.58. The van der Waals surface area contributed by atoms with E-state index < -0.39 is 17.4 Å². The molecule has 0 saturated carbocycles. The number of aryl methyl sites for hydroxylation is 2. The van der Waals surface area contributed by atoms with Gasteiger partial charge in [0.1, 0.15) is 5.56 Å². The van der Waals surface area contributed by atoms with E-state index in [-0.39, 0.29) is 11.3 Å². The lowest BCUT2D eigenvalue weighted by molar-refractivity contribution is 0.0690. The van der Waals surface area contributed by atoms with Gasteiger partial charge in [0.2, 0.25) is 0 Å². The van der Waals surface area contributed by atoms with E-state index in [9.17, 15) is 14.4 Å². The molecule has 0 bridgehead atoms. The average Bonchev–Trinajstić information content (AvgIpc) is 3.09. The summed E-state index contributed by atoms with van der Waals surface area (Å²) in [7, 11) is 0. The zero-order chi connectivity index (χ0) is 20.4. The number of aromatic carboxylic acids is 1. The van der Waals surface area contributed by atoms with Gasteiger partial charge in [-0.2, -0.15) is 0 Å². The van der Waals surface area contributed by atoms with E-state index in [2.05, 4.69) is 20.6 Å². The van der Waals surface area contributed by atoms with Crippen LogP contribution >= 0.6 is 0 Å². The van der Waals surface area contributed by atoms with Gasteiger partial charge in [-0.15, -0.1) is 5.10 Å². The number of aromatic amines is 1. The molecule has 148 valence electrons. The molecule has 9 nitrogen and oxygen atoms in total. The summed E-state index contributed by atoms with van der Waals surface area (Å²) >= 11 is 0. The van der Waals surface area contributed by atoms with Crippen molar-refractivity contribution in [3.8, 4) is 5.69 Å². The van der Waals surface area contributed by atoms with Crippen LogP contribution in [-0.4, -0.2) is 37.0 Å². The lowest BCUT2D eigenvalue weighted by Gasteiger charge is -2.10. The standard InChI is InChI=1S/C20H19N5O4/c26-18(15-9-12-5-2-1-3-8-16(12)22-19(15)27)21-13-6-4-7-14(10-13)25-11-17(20(28)29)23-24-25/h4,6-7,9-11H,1-3,5,8H2,(H,21,26)(H,22,27)(H,28,29). The molecule has 29 heavy (non-hydrogen) atoms. The number of carboxylic acid groups (broad SMARTS) is 1. The van der Waals surface area contributed by atoms with Crippen molar-refractivity contribution in [3.05, 3.63) is 69.4 Å². The minimum absolute atomic E-state index is 0.0740. The quantitative estimate of drug-likeness (QED) is 0.583. The maximum Gasteiger partial charge on any atom is 0.358 e. The number of nitrogens with zero attached hydrogens (tertiary/aromatic N) is 3. The summed E-state index contributed by atoms with van der Waals surface area (Å²) in [4.78, 5) is 38.9. The van der Waals surface area contributed by atoms with Gasteiger partial charge in [-0.05, 0) is 55.5 Å². The number of nitrogens with one attached hydrogen (secondary N) is 2. The van der Waals surface area contributed by atoms with Crippen molar-refractivity contribution in [2.24, 2.45) is 0 Å². The number of aromatic nitrogens is 4. The summed E-state index contributed by atoms with van der Waals surface area (Å²) in [5, 5.41) is 19.0. The van der Waals surface area contributed by atoms with Crippen LogP contribution in [0.2, 0.25) is 0 Å². The van der Waals surface area contributed by atoms with Gasteiger partial charge in [0.15, 0.2) is 5.69 Å². The zero-order valence-electron chi connectivity index (χ0n) is 15.5. The highest BCUT2D eigenvalue weighted by Gasteiger charge is 2.17. The van der Waals surface area contributed by atoms with E-state index in [4.69, 9.17) is 5.11 Å². The Hall–Kier alpha value is -3.75. The molecule has 0 fully saturated rings. The number of H-pyrrole nitrogens is 1. The SMILES string of the molecule is O=C(O)c1cn(-c2cccc(NC(=O)c3cc4c([nH]c3=O)CCCCC4)c2)nn1. The number of carboxylic acids is 1. The van der Waals surface area contributed by atoms with Gasteiger partial charge in [-0.3, -0.25) is 9.59 Å². The topological polar surface area (TPSA) is 130 Å². The number of rotatable bonds is 4. The predicted octanol–water partition coefficient (Wildman–Crippen LogP) is 2.17. The van der Waals surface area contributed by atoms with Crippen LogP contribution in [0.3, 0.4) is 0 Å². The Morgan fingerprint density at radius 1 is 1.14 bits per heavy atom. The molecular weight excluding hydrogens is 374 g/mol. The van der Waals surface area contributed by atoms with Crippen molar-refractivity contribution >= 4 is 17.6 Å². The molecule has 0 atom stereocenters. The molecule has 9 heteroatoms. The van der Waals surface area contributed by atoms with Crippen LogP contribution in [0.25, 0.3) is 5.69 Å². The summed E-state index contributed by atoms with van der Waals surface area (Å²) < 4.78 is 1.30. The molecule has 0 spiro atoms. The molecule has 3 aromatic rings. The van der Waals surface area contributed by atoms with E-state index in [1.807, 2.05) is 0 Å². The lowest BCUT2D eigenvalue weighted by atomic mass is 10.1. The molecule has 0 radical (unpaired) electrons. The van der Waals surface area contributed by atoms with Gasteiger partial charge in [0.05, 0.1) is 11.9 Å². The highest BCUT2D eigenvalue weighted by atomic mass is 16.4. The van der Waals surface area contributed by atoms with Crippen LogP contribution in [0.4, 0.5) is 5.69 Å². The Morgan fingerprint density at radius 2 is 1.97 bits per heavy atom. The monoisotopic (exact) mass is 393 g/mol. The maximum atomic E-state index is 12.7. The molecule has 2 heterocycles. The van der Waals surface area contributed by atoms with Crippen LogP contribution in [0.5, 0.6) is 0 Å². The Morgan fingerprint density at radius 3 is 2.76 bits per heavy atom. The second kappa shape index (κ2) is 7.70. The molecule has 2 aromatic heterocycles. The number of pyridine rings is 1. The largest absolute Gasteiger partial charge is 0.476 e. The Bertz CT molecular complexity index is 1150. The number of carbonyl (C=O) groups is 2. The molecule has 1 amide bonds. The minimum atomic E-state index is -1.18. The molecule has 1 aliphatic rings. The molecule has 1 aromatic carbocycles. The summed E-state index contributed by atoms with van der Waals surface area (Å²) in [5.41, 5.74) is 2.41. The smallest absolute Gasteiger partial charge is 0.358 e. The van der Waals surface area contributed by atoms with E-state index in [1.165, 1.54) is 10.9 Å². The first-order valence-electron chi connectivity index (χ1n) is 9.34. The maximum absolute atomic E-state index is 12.7. The van der Waals surface area contributed by atoms with Gasteiger partial charge in [-0.1, -0.05) is 17.7 Å². The number of fused-ring (bicyclic) bond motifs is 1. The van der Waals surface area contributed by atoms with Crippen molar-refractivity contribution < 1.29 is 14.7 Å². The third-order valence-electron chi connectivity index (χ3n) is 4.91. The van der Waals surface area contributed by atoms with Gasteiger partial charge in [0.25, 0.3) is 11.5 Å². The predicted molar refractivity (Wildman–Crippen MR) is 105 cm³/mol. The lowest BCUT2D eigenvalue weighted by Crippen LogP contribution is -2.25. The van der Waals surface area contributed by atoms with Gasteiger partial charge in [-0.25, -0.2) is 9.48 Å². The van der Waals surface area contributed by atoms with Crippen LogP contribution in [0.1, 0.15) is 51.4 Å². The summed E-state index contributed by atoms with van der Waals surface area (Å²) in [6, 6.07) is 8.37.